The van der Waals surface area contributed by atoms with E-state index in [1.807, 2.05) is 33.5 Å². The number of aromatic nitrogens is 4. The van der Waals surface area contributed by atoms with Gasteiger partial charge in [-0.05, 0) is 38.7 Å². The molecule has 0 spiro atoms. The highest BCUT2D eigenvalue weighted by atomic mass is 16.2. The van der Waals surface area contributed by atoms with Crippen molar-refractivity contribution in [2.75, 3.05) is 13.1 Å². The van der Waals surface area contributed by atoms with Gasteiger partial charge in [0, 0.05) is 43.3 Å². The predicted molar refractivity (Wildman–Crippen MR) is 97.3 cm³/mol. The number of rotatable bonds is 5. The molecule has 25 heavy (non-hydrogen) atoms. The molecule has 1 aliphatic rings. The lowest BCUT2D eigenvalue weighted by atomic mass is 10.0. The van der Waals surface area contributed by atoms with E-state index >= 15 is 0 Å². The van der Waals surface area contributed by atoms with Gasteiger partial charge in [-0.1, -0.05) is 13.8 Å². The summed E-state index contributed by atoms with van der Waals surface area (Å²) >= 11 is 0. The molecule has 2 aromatic heterocycles. The fourth-order valence-corrected chi connectivity index (χ4v) is 3.67. The first-order valence-electron chi connectivity index (χ1n) is 9.25. The fraction of sp³-hybridized carbons (Fsp3) is 0.632. The van der Waals surface area contributed by atoms with Crippen LogP contribution in [-0.4, -0.2) is 43.5 Å². The van der Waals surface area contributed by atoms with Crippen LogP contribution in [0.4, 0.5) is 0 Å². The minimum Gasteiger partial charge on any atom is -0.340 e. The second-order valence-electron chi connectivity index (χ2n) is 7.52. The number of hydrogen-bond acceptors (Lipinski definition) is 3. The van der Waals surface area contributed by atoms with Crippen LogP contribution < -0.4 is 0 Å². The summed E-state index contributed by atoms with van der Waals surface area (Å²) in [5.74, 6) is 0.741. The van der Waals surface area contributed by atoms with Gasteiger partial charge in [-0.2, -0.15) is 10.2 Å². The lowest BCUT2D eigenvalue weighted by Gasteiger charge is -2.33. The van der Waals surface area contributed by atoms with Crippen molar-refractivity contribution in [3.05, 3.63) is 35.4 Å². The molecule has 0 N–H and O–H groups in total. The van der Waals surface area contributed by atoms with E-state index < -0.39 is 0 Å². The minimum absolute atomic E-state index is 0.201. The summed E-state index contributed by atoms with van der Waals surface area (Å²) in [6, 6.07) is 2.23. The molecule has 6 nitrogen and oxygen atoms in total. The van der Waals surface area contributed by atoms with E-state index in [2.05, 4.69) is 31.0 Å². The fourth-order valence-electron chi connectivity index (χ4n) is 3.67. The van der Waals surface area contributed by atoms with Gasteiger partial charge in [-0.15, -0.1) is 0 Å². The Morgan fingerprint density at radius 3 is 2.84 bits per heavy atom. The number of piperidine rings is 1. The van der Waals surface area contributed by atoms with E-state index in [1.165, 1.54) is 0 Å². The van der Waals surface area contributed by atoms with Crippen LogP contribution >= 0.6 is 0 Å². The van der Waals surface area contributed by atoms with Gasteiger partial charge in [-0.25, -0.2) is 0 Å². The van der Waals surface area contributed by atoms with Crippen molar-refractivity contribution in [1.29, 1.82) is 0 Å². The Hall–Kier alpha value is -2.11. The van der Waals surface area contributed by atoms with Gasteiger partial charge in [0.15, 0.2) is 0 Å². The number of likely N-dealkylation sites (tertiary alicyclic amines) is 1. The van der Waals surface area contributed by atoms with Gasteiger partial charge in [0.2, 0.25) is 5.91 Å². The summed E-state index contributed by atoms with van der Waals surface area (Å²) in [5.41, 5.74) is 3.19. The van der Waals surface area contributed by atoms with Gasteiger partial charge in [0.1, 0.15) is 0 Å². The molecular weight excluding hydrogens is 314 g/mol. The maximum atomic E-state index is 12.9. The molecule has 0 saturated carbocycles. The van der Waals surface area contributed by atoms with Gasteiger partial charge >= 0.3 is 0 Å². The first kappa shape index (κ1) is 17.7. The Bertz CT molecular complexity index is 717. The molecular formula is C19H29N5O. The molecule has 1 saturated heterocycles. The van der Waals surface area contributed by atoms with Crippen molar-refractivity contribution in [3.8, 4) is 0 Å². The molecule has 1 aliphatic heterocycles. The van der Waals surface area contributed by atoms with Crippen molar-refractivity contribution >= 4 is 5.91 Å². The van der Waals surface area contributed by atoms with Crippen LogP contribution in [0.1, 0.15) is 49.7 Å². The maximum Gasteiger partial charge on any atom is 0.227 e. The van der Waals surface area contributed by atoms with Crippen LogP contribution in [0.2, 0.25) is 0 Å². The topological polar surface area (TPSA) is 56.0 Å². The van der Waals surface area contributed by atoms with Crippen LogP contribution in [0.3, 0.4) is 0 Å². The molecule has 1 atom stereocenters. The molecule has 3 rings (SSSR count). The summed E-state index contributed by atoms with van der Waals surface area (Å²) in [5, 5.41) is 8.98. The van der Waals surface area contributed by atoms with E-state index in [0.29, 0.717) is 18.4 Å². The van der Waals surface area contributed by atoms with Crippen LogP contribution in [0.5, 0.6) is 0 Å². The molecule has 1 amide bonds. The highest BCUT2D eigenvalue weighted by Crippen LogP contribution is 2.22. The lowest BCUT2D eigenvalue weighted by molar-refractivity contribution is -0.132. The van der Waals surface area contributed by atoms with E-state index in [0.717, 1.165) is 49.4 Å². The molecule has 0 aromatic carbocycles. The van der Waals surface area contributed by atoms with Gasteiger partial charge in [-0.3, -0.25) is 14.2 Å². The summed E-state index contributed by atoms with van der Waals surface area (Å²) in [6.45, 7) is 10.9. The van der Waals surface area contributed by atoms with Crippen LogP contribution in [0.25, 0.3) is 0 Å². The Labute approximate surface area is 149 Å². The number of carbonyl (C=O) groups excluding carboxylic acids is 1. The zero-order valence-corrected chi connectivity index (χ0v) is 15.8. The maximum absolute atomic E-state index is 12.9. The first-order valence-corrected chi connectivity index (χ1v) is 9.25. The Morgan fingerprint density at radius 2 is 2.16 bits per heavy atom. The van der Waals surface area contributed by atoms with Crippen molar-refractivity contribution < 1.29 is 4.79 Å². The van der Waals surface area contributed by atoms with Crippen LogP contribution in [-0.2, 0) is 17.8 Å². The first-order chi connectivity index (χ1) is 12.0. The van der Waals surface area contributed by atoms with E-state index in [-0.39, 0.29) is 5.91 Å². The molecule has 136 valence electrons. The average Bonchev–Trinajstić information content (AvgIpc) is 3.19. The normalized spacial score (nSPS) is 18.1. The number of hydrogen-bond donors (Lipinski definition) is 0. The Balaban J connectivity index is 1.69. The summed E-state index contributed by atoms with van der Waals surface area (Å²) in [4.78, 5) is 14.9. The summed E-state index contributed by atoms with van der Waals surface area (Å²) in [6.07, 6.45) is 6.34. The summed E-state index contributed by atoms with van der Waals surface area (Å²) in [7, 11) is 0. The smallest absolute Gasteiger partial charge is 0.227 e. The number of nitrogens with zero attached hydrogens (tertiary/aromatic N) is 5. The molecule has 0 unspecified atom stereocenters. The second kappa shape index (κ2) is 7.42. The van der Waals surface area contributed by atoms with Crippen LogP contribution in [0.15, 0.2) is 18.5 Å². The number of carbonyl (C=O) groups is 1. The van der Waals surface area contributed by atoms with Crippen molar-refractivity contribution in [3.63, 3.8) is 0 Å². The van der Waals surface area contributed by atoms with E-state index in [9.17, 15) is 4.79 Å². The lowest BCUT2D eigenvalue weighted by Crippen LogP contribution is -2.41. The third-order valence-electron chi connectivity index (χ3n) is 5.05. The number of aryl methyl sites for hydroxylation is 1. The van der Waals surface area contributed by atoms with Gasteiger partial charge < -0.3 is 4.90 Å². The SMILES string of the molecule is Cc1nn(CC(C)C)c(C)c1CC(=O)N1CCC[C@H](n2cccn2)C1. The monoisotopic (exact) mass is 343 g/mol. The molecule has 6 heteroatoms. The van der Waals surface area contributed by atoms with E-state index in [4.69, 9.17) is 0 Å². The molecule has 1 fully saturated rings. The van der Waals surface area contributed by atoms with Crippen molar-refractivity contribution in [2.24, 2.45) is 5.92 Å². The van der Waals surface area contributed by atoms with Gasteiger partial charge in [0.05, 0.1) is 18.2 Å². The largest absolute Gasteiger partial charge is 0.340 e. The van der Waals surface area contributed by atoms with Crippen molar-refractivity contribution in [1.82, 2.24) is 24.5 Å². The highest BCUT2D eigenvalue weighted by Gasteiger charge is 2.26. The highest BCUT2D eigenvalue weighted by molar-refractivity contribution is 5.79. The zero-order valence-electron chi connectivity index (χ0n) is 15.8. The van der Waals surface area contributed by atoms with E-state index in [1.54, 1.807) is 6.20 Å². The van der Waals surface area contributed by atoms with Crippen molar-refractivity contribution in [2.45, 2.75) is 59.5 Å². The third-order valence-corrected chi connectivity index (χ3v) is 5.05. The Morgan fingerprint density at radius 1 is 1.36 bits per heavy atom. The van der Waals surface area contributed by atoms with Crippen LogP contribution in [0, 0.1) is 19.8 Å². The standard InChI is InChI=1S/C19H29N5O/c1-14(2)12-24-16(4)18(15(3)21-24)11-19(25)22-9-5-7-17(13-22)23-10-6-8-20-23/h6,8,10,14,17H,5,7,9,11-13H2,1-4H3/t17-/m0/s1. The molecule has 2 aromatic rings. The molecule has 0 bridgehead atoms. The molecule has 0 radical (unpaired) electrons. The zero-order chi connectivity index (χ0) is 18.0. The summed E-state index contributed by atoms with van der Waals surface area (Å²) < 4.78 is 4.03. The quantitative estimate of drug-likeness (QED) is 0.839. The number of amides is 1. The third kappa shape index (κ3) is 3.94. The Kier molecular flexibility index (Phi) is 5.25. The second-order valence-corrected chi connectivity index (χ2v) is 7.52. The molecule has 0 aliphatic carbocycles. The minimum atomic E-state index is 0.201. The van der Waals surface area contributed by atoms with Gasteiger partial charge in [0.25, 0.3) is 0 Å². The predicted octanol–water partition coefficient (Wildman–Crippen LogP) is 2.76. The molecule has 3 heterocycles. The average molecular weight is 343 g/mol.